The summed E-state index contributed by atoms with van der Waals surface area (Å²) in [6, 6.07) is 0.239. The summed E-state index contributed by atoms with van der Waals surface area (Å²) in [7, 11) is 1.99. The summed E-state index contributed by atoms with van der Waals surface area (Å²) in [5, 5.41) is 8.65. The van der Waals surface area contributed by atoms with Crippen molar-refractivity contribution in [2.24, 2.45) is 7.05 Å². The molecule has 158 valence electrons. The van der Waals surface area contributed by atoms with Gasteiger partial charge in [-0.1, -0.05) is 11.6 Å². The van der Waals surface area contributed by atoms with E-state index in [0.29, 0.717) is 18.9 Å². The van der Waals surface area contributed by atoms with E-state index < -0.39 is 0 Å². The van der Waals surface area contributed by atoms with E-state index in [2.05, 4.69) is 34.0 Å². The summed E-state index contributed by atoms with van der Waals surface area (Å²) < 4.78 is 7.36. The minimum absolute atomic E-state index is 0.119. The van der Waals surface area contributed by atoms with E-state index in [-0.39, 0.29) is 11.9 Å². The second kappa shape index (κ2) is 8.26. The summed E-state index contributed by atoms with van der Waals surface area (Å²) in [6.07, 6.45) is 5.19. The lowest BCUT2D eigenvalue weighted by Crippen LogP contribution is -2.42. The maximum Gasteiger partial charge on any atom is 0.229 e. The second-order valence-electron chi connectivity index (χ2n) is 8.59. The topological polar surface area (TPSA) is 80.3 Å². The third-order valence-electron chi connectivity index (χ3n) is 6.65. The van der Waals surface area contributed by atoms with Crippen LogP contribution in [-0.2, 0) is 24.8 Å². The first-order valence-electron chi connectivity index (χ1n) is 10.7. The van der Waals surface area contributed by atoms with E-state index in [1.165, 1.54) is 17.7 Å². The summed E-state index contributed by atoms with van der Waals surface area (Å²) in [5.74, 6) is 2.06. The van der Waals surface area contributed by atoms with Crippen molar-refractivity contribution in [2.75, 3.05) is 19.6 Å². The van der Waals surface area contributed by atoms with Crippen LogP contribution in [-0.4, -0.2) is 61.3 Å². The fourth-order valence-electron chi connectivity index (χ4n) is 4.49. The predicted octanol–water partition coefficient (Wildman–Crippen LogP) is 2.35. The maximum atomic E-state index is 12.3. The molecule has 1 atom stereocenters. The van der Waals surface area contributed by atoms with Gasteiger partial charge < -0.3 is 9.42 Å². The van der Waals surface area contributed by atoms with Gasteiger partial charge in [0.25, 0.3) is 0 Å². The van der Waals surface area contributed by atoms with Gasteiger partial charge in [0.05, 0.1) is 5.69 Å². The Hall–Kier alpha value is -2.22. The lowest BCUT2D eigenvalue weighted by molar-refractivity contribution is -0.130. The molecule has 0 aromatic carbocycles. The van der Waals surface area contributed by atoms with E-state index in [1.807, 2.05) is 16.6 Å². The summed E-state index contributed by atoms with van der Waals surface area (Å²) in [4.78, 5) is 21.3. The zero-order valence-electron chi connectivity index (χ0n) is 18.0. The van der Waals surface area contributed by atoms with Crippen molar-refractivity contribution in [2.45, 2.75) is 71.4 Å². The Kier molecular flexibility index (Phi) is 5.72. The predicted molar refractivity (Wildman–Crippen MR) is 108 cm³/mol. The smallest absolute Gasteiger partial charge is 0.229 e. The van der Waals surface area contributed by atoms with Gasteiger partial charge >= 0.3 is 0 Å². The summed E-state index contributed by atoms with van der Waals surface area (Å²) in [6.45, 7) is 9.27. The number of hydrogen-bond acceptors (Lipinski definition) is 6. The van der Waals surface area contributed by atoms with Crippen molar-refractivity contribution >= 4 is 5.91 Å². The minimum Gasteiger partial charge on any atom is -0.339 e. The molecule has 0 spiro atoms. The Morgan fingerprint density at radius 1 is 1.28 bits per heavy atom. The number of hydrogen-bond donors (Lipinski definition) is 0. The van der Waals surface area contributed by atoms with Gasteiger partial charge in [0.15, 0.2) is 5.82 Å². The fraction of sp³-hybridized carbons (Fsp3) is 0.714. The van der Waals surface area contributed by atoms with E-state index in [1.54, 1.807) is 6.92 Å². The van der Waals surface area contributed by atoms with Crippen molar-refractivity contribution in [3.63, 3.8) is 0 Å². The number of nitrogens with zero attached hydrogens (tertiary/aromatic N) is 6. The SMILES string of the molecule is CC(=O)N(CCc1noc(C2CCC2)n1)C1CCN(Cc2c(C)nn(C)c2C)C1. The molecule has 1 saturated heterocycles. The van der Waals surface area contributed by atoms with Crippen molar-refractivity contribution < 1.29 is 9.32 Å². The number of aromatic nitrogens is 4. The number of likely N-dealkylation sites (tertiary alicyclic amines) is 1. The van der Waals surface area contributed by atoms with E-state index >= 15 is 0 Å². The Balaban J connectivity index is 1.34. The first-order valence-corrected chi connectivity index (χ1v) is 10.7. The molecule has 2 aliphatic rings. The number of aryl methyl sites for hydroxylation is 2. The molecule has 8 heteroatoms. The van der Waals surface area contributed by atoms with Crippen LogP contribution in [0, 0.1) is 13.8 Å². The largest absolute Gasteiger partial charge is 0.339 e. The molecular weight excluding hydrogens is 368 g/mol. The molecular formula is C21H32N6O2. The quantitative estimate of drug-likeness (QED) is 0.710. The second-order valence-corrected chi connectivity index (χ2v) is 8.59. The molecule has 4 rings (SSSR count). The summed E-state index contributed by atoms with van der Waals surface area (Å²) >= 11 is 0. The zero-order valence-corrected chi connectivity index (χ0v) is 18.0. The van der Waals surface area contributed by atoms with Crippen LogP contribution in [0.1, 0.15) is 67.2 Å². The number of carbonyl (C=O) groups excluding carboxylic acids is 1. The molecule has 2 aromatic heterocycles. The highest BCUT2D eigenvalue weighted by atomic mass is 16.5. The average molecular weight is 401 g/mol. The molecule has 1 amide bonds. The molecule has 0 bridgehead atoms. The third-order valence-corrected chi connectivity index (χ3v) is 6.65. The van der Waals surface area contributed by atoms with E-state index in [9.17, 15) is 4.79 Å². The number of amides is 1. The van der Waals surface area contributed by atoms with Gasteiger partial charge in [-0.25, -0.2) is 0 Å². The average Bonchev–Trinajstić information content (AvgIpc) is 3.32. The molecule has 1 aliphatic heterocycles. The molecule has 0 radical (unpaired) electrons. The first-order chi connectivity index (χ1) is 13.9. The lowest BCUT2D eigenvalue weighted by atomic mass is 9.85. The highest BCUT2D eigenvalue weighted by Crippen LogP contribution is 2.35. The first kappa shape index (κ1) is 20.1. The van der Waals surface area contributed by atoms with Gasteiger partial charge in [-0.15, -0.1) is 0 Å². The molecule has 0 N–H and O–H groups in total. The van der Waals surface area contributed by atoms with Gasteiger partial charge in [0, 0.05) is 69.8 Å². The van der Waals surface area contributed by atoms with Crippen LogP contribution in [0.15, 0.2) is 4.52 Å². The van der Waals surface area contributed by atoms with Crippen molar-refractivity contribution in [1.82, 2.24) is 29.7 Å². The van der Waals surface area contributed by atoms with Gasteiger partial charge in [-0.05, 0) is 33.1 Å². The highest BCUT2D eigenvalue weighted by molar-refractivity contribution is 5.73. The number of carbonyl (C=O) groups is 1. The third kappa shape index (κ3) is 4.22. The molecule has 29 heavy (non-hydrogen) atoms. The highest BCUT2D eigenvalue weighted by Gasteiger charge is 2.31. The van der Waals surface area contributed by atoms with Crippen molar-refractivity contribution in [1.29, 1.82) is 0 Å². The standard InChI is InChI=1S/C21H32N6O2/c1-14-19(15(2)25(4)23-14)13-26-10-8-18(12-26)27(16(3)28)11-9-20-22-21(29-24-20)17-6-5-7-17/h17-18H,5-13H2,1-4H3. The monoisotopic (exact) mass is 400 g/mol. The minimum atomic E-state index is 0.119. The van der Waals surface area contributed by atoms with Crippen LogP contribution < -0.4 is 0 Å². The van der Waals surface area contributed by atoms with Crippen molar-refractivity contribution in [3.8, 4) is 0 Å². The number of rotatable bonds is 7. The maximum absolute atomic E-state index is 12.3. The molecule has 3 heterocycles. The van der Waals surface area contributed by atoms with Crippen LogP contribution in [0.2, 0.25) is 0 Å². The fourth-order valence-corrected chi connectivity index (χ4v) is 4.49. The molecule has 8 nitrogen and oxygen atoms in total. The van der Waals surface area contributed by atoms with Gasteiger partial charge in [-0.2, -0.15) is 10.1 Å². The van der Waals surface area contributed by atoms with Gasteiger partial charge in [0.2, 0.25) is 11.8 Å². The molecule has 2 fully saturated rings. The summed E-state index contributed by atoms with van der Waals surface area (Å²) in [5.41, 5.74) is 3.61. The van der Waals surface area contributed by atoms with E-state index in [4.69, 9.17) is 4.52 Å². The Morgan fingerprint density at radius 3 is 2.69 bits per heavy atom. The normalized spacial score (nSPS) is 20.2. The van der Waals surface area contributed by atoms with E-state index in [0.717, 1.165) is 56.3 Å². The molecule has 1 unspecified atom stereocenters. The lowest BCUT2D eigenvalue weighted by Gasteiger charge is -2.28. The van der Waals surface area contributed by atoms with Crippen molar-refractivity contribution in [3.05, 3.63) is 28.7 Å². The molecule has 1 saturated carbocycles. The Bertz CT molecular complexity index is 869. The zero-order chi connectivity index (χ0) is 20.5. The van der Waals surface area contributed by atoms with Crippen LogP contribution in [0.4, 0.5) is 0 Å². The van der Waals surface area contributed by atoms with Crippen LogP contribution >= 0.6 is 0 Å². The van der Waals surface area contributed by atoms with Crippen LogP contribution in [0.25, 0.3) is 0 Å². The Morgan fingerprint density at radius 2 is 2.07 bits per heavy atom. The van der Waals surface area contributed by atoms with Crippen LogP contribution in [0.5, 0.6) is 0 Å². The molecule has 1 aliphatic carbocycles. The van der Waals surface area contributed by atoms with Crippen LogP contribution in [0.3, 0.4) is 0 Å². The van der Waals surface area contributed by atoms with Gasteiger partial charge in [-0.3, -0.25) is 14.4 Å². The molecule has 2 aromatic rings. The van der Waals surface area contributed by atoms with Gasteiger partial charge in [0.1, 0.15) is 0 Å². The Labute approximate surface area is 172 Å².